The van der Waals surface area contributed by atoms with Crippen LogP contribution in [0.2, 0.25) is 5.02 Å². The van der Waals surface area contributed by atoms with Crippen LogP contribution in [0.15, 0.2) is 55.0 Å². The first kappa shape index (κ1) is 24.5. The van der Waals surface area contributed by atoms with Crippen LogP contribution in [0.4, 0.5) is 10.1 Å². The molecule has 2 aromatic heterocycles. The molecular weight excluding hydrogens is 471 g/mol. The van der Waals surface area contributed by atoms with Gasteiger partial charge in [0.05, 0.1) is 34.9 Å². The predicted molar refractivity (Wildman–Crippen MR) is 133 cm³/mol. The van der Waals surface area contributed by atoms with Gasteiger partial charge in [0.25, 0.3) is 0 Å². The van der Waals surface area contributed by atoms with Crippen LogP contribution in [0.3, 0.4) is 0 Å². The number of benzene rings is 2. The van der Waals surface area contributed by atoms with Gasteiger partial charge in [0.15, 0.2) is 5.82 Å². The number of esters is 1. The van der Waals surface area contributed by atoms with Crippen molar-refractivity contribution in [2.45, 2.75) is 32.4 Å². The molecule has 0 radical (unpaired) electrons. The van der Waals surface area contributed by atoms with Crippen molar-refractivity contribution in [2.75, 3.05) is 12.4 Å². The summed E-state index contributed by atoms with van der Waals surface area (Å²) in [6.45, 7) is 5.01. The standard InChI is InChI=1S/C26H24ClFN4O3/c1-14(18-10-16(24(33)35-4)5-7-21(18)28)32-23-19-9-15(6-8-22(19)29-13-20(23)27)17-11-30-25(31-12-17)26(2,3)34/h5-14,34H,1-4H3,(H,29,32). The van der Waals surface area contributed by atoms with Gasteiger partial charge in [0.1, 0.15) is 11.4 Å². The monoisotopic (exact) mass is 494 g/mol. The molecule has 0 bridgehead atoms. The Morgan fingerprint density at radius 1 is 1.09 bits per heavy atom. The van der Waals surface area contributed by atoms with Gasteiger partial charge in [0.2, 0.25) is 0 Å². The summed E-state index contributed by atoms with van der Waals surface area (Å²) in [7, 11) is 1.27. The summed E-state index contributed by atoms with van der Waals surface area (Å²) in [5.74, 6) is -0.690. The number of pyridine rings is 1. The molecule has 2 heterocycles. The van der Waals surface area contributed by atoms with E-state index in [0.29, 0.717) is 27.6 Å². The lowest BCUT2D eigenvalue weighted by Gasteiger charge is -2.20. The van der Waals surface area contributed by atoms with Crippen molar-refractivity contribution in [3.8, 4) is 11.1 Å². The number of nitrogens with one attached hydrogen (secondary N) is 1. The molecule has 0 fully saturated rings. The third-order valence-electron chi connectivity index (χ3n) is 5.60. The normalized spacial score (nSPS) is 12.4. The molecule has 2 aromatic carbocycles. The Labute approximate surface area is 207 Å². The molecule has 0 aliphatic carbocycles. The molecule has 0 aliphatic rings. The molecule has 0 amide bonds. The van der Waals surface area contributed by atoms with Gasteiger partial charge in [0, 0.05) is 35.1 Å². The van der Waals surface area contributed by atoms with E-state index in [9.17, 15) is 14.3 Å². The number of hydrogen-bond acceptors (Lipinski definition) is 7. The molecule has 1 unspecified atom stereocenters. The molecule has 4 aromatic rings. The second kappa shape index (κ2) is 9.56. The quantitative estimate of drug-likeness (QED) is 0.333. The van der Waals surface area contributed by atoms with Gasteiger partial charge in [-0.1, -0.05) is 17.7 Å². The minimum Gasteiger partial charge on any atom is -0.465 e. The Morgan fingerprint density at radius 2 is 1.80 bits per heavy atom. The van der Waals surface area contributed by atoms with Gasteiger partial charge in [-0.15, -0.1) is 0 Å². The molecule has 9 heteroatoms. The molecule has 0 spiro atoms. The van der Waals surface area contributed by atoms with Gasteiger partial charge in [-0.2, -0.15) is 0 Å². The first-order chi connectivity index (χ1) is 16.6. The van der Waals surface area contributed by atoms with Crippen molar-refractivity contribution < 1.29 is 19.0 Å². The Bertz CT molecular complexity index is 1400. The topological polar surface area (TPSA) is 97.2 Å². The molecular formula is C26H24ClFN4O3. The zero-order valence-electron chi connectivity index (χ0n) is 19.6. The lowest BCUT2D eigenvalue weighted by Crippen LogP contribution is -2.19. The minimum atomic E-state index is -1.15. The van der Waals surface area contributed by atoms with Crippen LogP contribution < -0.4 is 5.32 Å². The molecule has 35 heavy (non-hydrogen) atoms. The summed E-state index contributed by atoms with van der Waals surface area (Å²) in [6.07, 6.45) is 4.81. The van der Waals surface area contributed by atoms with E-state index in [-0.39, 0.29) is 5.56 Å². The molecule has 180 valence electrons. The molecule has 0 saturated heterocycles. The summed E-state index contributed by atoms with van der Waals surface area (Å²) in [4.78, 5) is 24.9. The number of hydrogen-bond donors (Lipinski definition) is 2. The third kappa shape index (κ3) is 5.08. The van der Waals surface area contributed by atoms with E-state index in [2.05, 4.69) is 20.3 Å². The van der Waals surface area contributed by atoms with E-state index in [1.807, 2.05) is 18.2 Å². The molecule has 2 N–H and O–H groups in total. The number of methoxy groups -OCH3 is 1. The first-order valence-corrected chi connectivity index (χ1v) is 11.2. The van der Waals surface area contributed by atoms with Crippen LogP contribution >= 0.6 is 11.6 Å². The average Bonchev–Trinajstić information content (AvgIpc) is 2.84. The van der Waals surface area contributed by atoms with E-state index in [1.54, 1.807) is 33.2 Å². The summed E-state index contributed by atoms with van der Waals surface area (Å²) in [6, 6.07) is 9.18. The maximum atomic E-state index is 14.6. The van der Waals surface area contributed by atoms with E-state index in [4.69, 9.17) is 16.3 Å². The Hall–Kier alpha value is -3.62. The number of carbonyl (C=O) groups excluding carboxylic acids is 1. The van der Waals surface area contributed by atoms with Crippen LogP contribution in [-0.4, -0.2) is 33.1 Å². The van der Waals surface area contributed by atoms with Crippen LogP contribution in [0.25, 0.3) is 22.0 Å². The van der Waals surface area contributed by atoms with E-state index < -0.39 is 23.4 Å². The highest BCUT2D eigenvalue weighted by Gasteiger charge is 2.20. The molecule has 7 nitrogen and oxygen atoms in total. The highest BCUT2D eigenvalue weighted by Crippen LogP contribution is 2.35. The minimum absolute atomic E-state index is 0.250. The van der Waals surface area contributed by atoms with Crippen molar-refractivity contribution in [1.82, 2.24) is 15.0 Å². The molecule has 4 rings (SSSR count). The van der Waals surface area contributed by atoms with Crippen LogP contribution in [0, 0.1) is 5.82 Å². The zero-order chi connectivity index (χ0) is 25.3. The van der Waals surface area contributed by atoms with Gasteiger partial charge in [-0.25, -0.2) is 19.2 Å². The Morgan fingerprint density at radius 3 is 2.46 bits per heavy atom. The predicted octanol–water partition coefficient (Wildman–Crippen LogP) is 5.67. The van der Waals surface area contributed by atoms with Gasteiger partial charge in [-0.05, 0) is 56.7 Å². The van der Waals surface area contributed by atoms with Crippen molar-refractivity contribution >= 4 is 34.2 Å². The maximum absolute atomic E-state index is 14.6. The number of halogens is 2. The fraction of sp³-hybridized carbons (Fsp3) is 0.231. The number of aliphatic hydroxyl groups is 1. The van der Waals surface area contributed by atoms with Gasteiger partial charge in [-0.3, -0.25) is 4.98 Å². The van der Waals surface area contributed by atoms with Crippen molar-refractivity contribution in [2.24, 2.45) is 0 Å². The van der Waals surface area contributed by atoms with Crippen molar-refractivity contribution in [3.05, 3.63) is 82.8 Å². The number of anilines is 1. The number of aromatic nitrogens is 3. The summed E-state index contributed by atoms with van der Waals surface area (Å²) < 4.78 is 19.4. The lowest BCUT2D eigenvalue weighted by molar-refractivity contribution is 0.0600. The number of nitrogens with zero attached hydrogens (tertiary/aromatic N) is 3. The van der Waals surface area contributed by atoms with E-state index in [1.165, 1.54) is 31.5 Å². The van der Waals surface area contributed by atoms with E-state index in [0.717, 1.165) is 16.5 Å². The number of ether oxygens (including phenoxy) is 1. The maximum Gasteiger partial charge on any atom is 0.337 e. The Kier molecular flexibility index (Phi) is 6.69. The highest BCUT2D eigenvalue weighted by atomic mass is 35.5. The smallest absolute Gasteiger partial charge is 0.337 e. The molecule has 0 saturated carbocycles. The van der Waals surface area contributed by atoms with Gasteiger partial charge >= 0.3 is 5.97 Å². The van der Waals surface area contributed by atoms with Gasteiger partial charge < -0.3 is 15.2 Å². The number of rotatable bonds is 6. The zero-order valence-corrected chi connectivity index (χ0v) is 20.4. The van der Waals surface area contributed by atoms with Crippen LogP contribution in [-0.2, 0) is 10.3 Å². The number of carbonyl (C=O) groups is 1. The fourth-order valence-electron chi connectivity index (χ4n) is 3.70. The molecule has 0 aliphatic heterocycles. The number of fused-ring (bicyclic) bond motifs is 1. The summed E-state index contributed by atoms with van der Waals surface area (Å²) >= 11 is 6.50. The van der Waals surface area contributed by atoms with Crippen molar-refractivity contribution in [3.63, 3.8) is 0 Å². The third-order valence-corrected chi connectivity index (χ3v) is 5.89. The van der Waals surface area contributed by atoms with Crippen molar-refractivity contribution in [1.29, 1.82) is 0 Å². The average molecular weight is 495 g/mol. The SMILES string of the molecule is COC(=O)c1ccc(F)c(C(C)Nc2c(Cl)cnc3ccc(-c4cnc(C(C)(C)O)nc4)cc23)c1. The van der Waals surface area contributed by atoms with Crippen LogP contribution in [0.1, 0.15) is 48.6 Å². The Balaban J connectivity index is 1.73. The lowest BCUT2D eigenvalue weighted by atomic mass is 10.0. The highest BCUT2D eigenvalue weighted by molar-refractivity contribution is 6.34. The largest absolute Gasteiger partial charge is 0.465 e. The first-order valence-electron chi connectivity index (χ1n) is 10.9. The fourth-order valence-corrected chi connectivity index (χ4v) is 3.91. The van der Waals surface area contributed by atoms with E-state index >= 15 is 0 Å². The molecule has 1 atom stereocenters. The van der Waals surface area contributed by atoms with Crippen LogP contribution in [0.5, 0.6) is 0 Å². The second-order valence-electron chi connectivity index (χ2n) is 8.66. The summed E-state index contributed by atoms with van der Waals surface area (Å²) in [5.41, 5.74) is 2.22. The second-order valence-corrected chi connectivity index (χ2v) is 9.07. The summed E-state index contributed by atoms with van der Waals surface area (Å²) in [5, 5.41) is 14.5.